The maximum Gasteiger partial charge on any atom is 0.149 e. The van der Waals surface area contributed by atoms with E-state index in [1.165, 1.54) is 0 Å². The van der Waals surface area contributed by atoms with Crippen LogP contribution in [0.4, 0.5) is 0 Å². The number of rotatable bonds is 1. The third kappa shape index (κ3) is 2.25. The van der Waals surface area contributed by atoms with Crippen molar-refractivity contribution in [3.05, 3.63) is 34.3 Å². The number of halogens is 1. The number of hydrogen-bond donors (Lipinski definition) is 0. The van der Waals surface area contributed by atoms with Crippen LogP contribution in [0.2, 0.25) is 5.02 Å². The predicted molar refractivity (Wildman–Crippen MR) is 69.1 cm³/mol. The first-order valence-electron chi connectivity index (χ1n) is 5.07. The second kappa shape index (κ2) is 4.15. The summed E-state index contributed by atoms with van der Waals surface area (Å²) in [6.07, 6.45) is 0. The summed E-state index contributed by atoms with van der Waals surface area (Å²) >= 11 is 7.72. The van der Waals surface area contributed by atoms with Crippen LogP contribution in [-0.4, -0.2) is 10.2 Å². The minimum atomic E-state index is 0.0389. The molecule has 0 atom stereocenters. The Morgan fingerprint density at radius 3 is 2.38 bits per heavy atom. The number of hydrogen-bond acceptors (Lipinski definition) is 3. The second-order valence-electron chi connectivity index (χ2n) is 4.64. The summed E-state index contributed by atoms with van der Waals surface area (Å²) in [6.45, 7) is 6.39. The molecule has 0 unspecified atom stereocenters. The number of aromatic nitrogens is 2. The van der Waals surface area contributed by atoms with Crippen LogP contribution in [0.1, 0.15) is 25.8 Å². The highest BCUT2D eigenvalue weighted by molar-refractivity contribution is 7.14. The Morgan fingerprint density at radius 2 is 1.81 bits per heavy atom. The van der Waals surface area contributed by atoms with E-state index < -0.39 is 0 Å². The van der Waals surface area contributed by atoms with Crippen LogP contribution in [0.15, 0.2) is 24.3 Å². The van der Waals surface area contributed by atoms with E-state index in [2.05, 4.69) is 31.0 Å². The van der Waals surface area contributed by atoms with Gasteiger partial charge in [0.05, 0.1) is 5.02 Å². The summed E-state index contributed by atoms with van der Waals surface area (Å²) in [5.41, 5.74) is 0.995. The van der Waals surface area contributed by atoms with E-state index in [4.69, 9.17) is 11.6 Å². The molecule has 0 aliphatic heterocycles. The fraction of sp³-hybridized carbons (Fsp3) is 0.333. The molecule has 1 aromatic heterocycles. The Labute approximate surface area is 104 Å². The van der Waals surface area contributed by atoms with Crippen molar-refractivity contribution in [1.82, 2.24) is 10.2 Å². The minimum absolute atomic E-state index is 0.0389. The fourth-order valence-corrected chi connectivity index (χ4v) is 2.49. The highest BCUT2D eigenvalue weighted by Gasteiger charge is 2.20. The van der Waals surface area contributed by atoms with E-state index in [0.717, 1.165) is 20.6 Å². The monoisotopic (exact) mass is 252 g/mol. The third-order valence-corrected chi connectivity index (χ3v) is 3.88. The summed E-state index contributed by atoms with van der Waals surface area (Å²) in [5.74, 6) is 0. The molecule has 0 bridgehead atoms. The zero-order valence-electron chi connectivity index (χ0n) is 9.49. The lowest BCUT2D eigenvalue weighted by Crippen LogP contribution is -2.10. The minimum Gasteiger partial charge on any atom is -0.143 e. The molecule has 0 N–H and O–H groups in total. The van der Waals surface area contributed by atoms with E-state index in [1.54, 1.807) is 11.3 Å². The lowest BCUT2D eigenvalue weighted by Gasteiger charge is -2.12. The molecule has 0 fully saturated rings. The first kappa shape index (κ1) is 11.6. The normalized spacial score (nSPS) is 11.8. The molecule has 2 nitrogen and oxygen atoms in total. The second-order valence-corrected chi connectivity index (χ2v) is 6.03. The van der Waals surface area contributed by atoms with Gasteiger partial charge in [-0.2, -0.15) is 0 Å². The molecule has 0 aliphatic rings. The molecular formula is C12H13ClN2S. The molecule has 1 aromatic carbocycles. The average molecular weight is 253 g/mol. The molecule has 0 spiro atoms. The van der Waals surface area contributed by atoms with E-state index in [-0.39, 0.29) is 5.41 Å². The topological polar surface area (TPSA) is 25.8 Å². The predicted octanol–water partition coefficient (Wildman–Crippen LogP) is 4.16. The lowest BCUT2D eigenvalue weighted by atomic mass is 9.98. The average Bonchev–Trinajstić information content (AvgIpc) is 2.66. The molecular weight excluding hydrogens is 240 g/mol. The van der Waals surface area contributed by atoms with Crippen LogP contribution in [0.25, 0.3) is 10.6 Å². The van der Waals surface area contributed by atoms with Gasteiger partial charge in [0.1, 0.15) is 10.0 Å². The molecule has 0 saturated carbocycles. The van der Waals surface area contributed by atoms with Gasteiger partial charge in [0.25, 0.3) is 0 Å². The van der Waals surface area contributed by atoms with Crippen molar-refractivity contribution < 1.29 is 0 Å². The molecule has 2 aromatic rings. The Hall–Kier alpha value is -0.930. The van der Waals surface area contributed by atoms with Crippen LogP contribution in [0, 0.1) is 0 Å². The van der Waals surface area contributed by atoms with Crippen LogP contribution in [-0.2, 0) is 5.41 Å². The molecule has 84 valence electrons. The van der Waals surface area contributed by atoms with Crippen molar-refractivity contribution in [2.24, 2.45) is 0 Å². The molecule has 16 heavy (non-hydrogen) atoms. The maximum atomic E-state index is 6.12. The fourth-order valence-electron chi connectivity index (χ4n) is 1.27. The molecule has 2 rings (SSSR count). The van der Waals surface area contributed by atoms with Crippen molar-refractivity contribution in [3.63, 3.8) is 0 Å². The Morgan fingerprint density at radius 1 is 1.12 bits per heavy atom. The number of benzene rings is 1. The van der Waals surface area contributed by atoms with Crippen LogP contribution in [0.5, 0.6) is 0 Å². The van der Waals surface area contributed by atoms with Gasteiger partial charge in [-0.1, -0.05) is 61.9 Å². The van der Waals surface area contributed by atoms with Crippen molar-refractivity contribution in [3.8, 4) is 10.6 Å². The zero-order valence-corrected chi connectivity index (χ0v) is 11.1. The van der Waals surface area contributed by atoms with Gasteiger partial charge < -0.3 is 0 Å². The standard InChI is InChI=1S/C12H13ClN2S/c1-12(2,3)11-15-14-10(16-11)8-6-4-5-7-9(8)13/h4-7H,1-3H3. The highest BCUT2D eigenvalue weighted by Crippen LogP contribution is 2.33. The van der Waals surface area contributed by atoms with Crippen molar-refractivity contribution in [2.75, 3.05) is 0 Å². The largest absolute Gasteiger partial charge is 0.149 e. The third-order valence-electron chi connectivity index (χ3n) is 2.17. The highest BCUT2D eigenvalue weighted by atomic mass is 35.5. The van der Waals surface area contributed by atoms with Crippen molar-refractivity contribution >= 4 is 22.9 Å². The molecule has 0 amide bonds. The van der Waals surface area contributed by atoms with Gasteiger partial charge in [-0.25, -0.2) is 0 Å². The summed E-state index contributed by atoms with van der Waals surface area (Å²) in [6, 6.07) is 7.71. The SMILES string of the molecule is CC(C)(C)c1nnc(-c2ccccc2Cl)s1. The molecule has 0 saturated heterocycles. The van der Waals surface area contributed by atoms with Crippen molar-refractivity contribution in [2.45, 2.75) is 26.2 Å². The molecule has 0 aliphatic carbocycles. The van der Waals surface area contributed by atoms with Gasteiger partial charge >= 0.3 is 0 Å². The number of nitrogens with zero attached hydrogens (tertiary/aromatic N) is 2. The van der Waals surface area contributed by atoms with Gasteiger partial charge in [-0.15, -0.1) is 10.2 Å². The van der Waals surface area contributed by atoms with Crippen molar-refractivity contribution in [1.29, 1.82) is 0 Å². The summed E-state index contributed by atoms with van der Waals surface area (Å²) < 4.78 is 0. The summed E-state index contributed by atoms with van der Waals surface area (Å²) in [7, 11) is 0. The van der Waals surface area contributed by atoms with Gasteiger partial charge in [0.15, 0.2) is 0 Å². The first-order valence-corrected chi connectivity index (χ1v) is 6.27. The van der Waals surface area contributed by atoms with E-state index in [1.807, 2.05) is 24.3 Å². The maximum absolute atomic E-state index is 6.12. The van der Waals surface area contributed by atoms with Gasteiger partial charge in [-0.05, 0) is 6.07 Å². The Balaban J connectivity index is 2.44. The van der Waals surface area contributed by atoms with Gasteiger partial charge in [0, 0.05) is 11.0 Å². The Bertz CT molecular complexity index is 500. The van der Waals surface area contributed by atoms with Gasteiger partial charge in [-0.3, -0.25) is 0 Å². The Kier molecular flexibility index (Phi) is 3.00. The molecule has 1 heterocycles. The quantitative estimate of drug-likeness (QED) is 0.762. The van der Waals surface area contributed by atoms with Gasteiger partial charge in [0.2, 0.25) is 0 Å². The van der Waals surface area contributed by atoms with Crippen LogP contribution >= 0.6 is 22.9 Å². The first-order chi connectivity index (χ1) is 7.48. The summed E-state index contributed by atoms with van der Waals surface area (Å²) in [5, 5.41) is 11.0. The summed E-state index contributed by atoms with van der Waals surface area (Å²) in [4.78, 5) is 0. The van der Waals surface area contributed by atoms with E-state index in [9.17, 15) is 0 Å². The molecule has 0 radical (unpaired) electrons. The smallest absolute Gasteiger partial charge is 0.143 e. The van der Waals surface area contributed by atoms with Crippen LogP contribution in [0.3, 0.4) is 0 Å². The van der Waals surface area contributed by atoms with E-state index in [0.29, 0.717) is 0 Å². The molecule has 4 heteroatoms. The van der Waals surface area contributed by atoms with E-state index >= 15 is 0 Å². The zero-order chi connectivity index (χ0) is 11.8. The van der Waals surface area contributed by atoms with Crippen LogP contribution < -0.4 is 0 Å². The lowest BCUT2D eigenvalue weighted by molar-refractivity contribution is 0.578.